The van der Waals surface area contributed by atoms with Crippen LogP contribution in [0.1, 0.15) is 30.0 Å². The number of halogens is 1. The predicted octanol–water partition coefficient (Wildman–Crippen LogP) is 3.22. The first kappa shape index (κ1) is 13.3. The third-order valence-corrected chi connectivity index (χ3v) is 3.94. The van der Waals surface area contributed by atoms with Crippen LogP contribution < -0.4 is 4.90 Å². The number of piperidine rings is 1. The molecule has 0 N–H and O–H groups in total. The molecule has 0 unspecified atom stereocenters. The van der Waals surface area contributed by atoms with Crippen molar-refractivity contribution in [2.75, 3.05) is 18.0 Å². The SMILES string of the molecule is Cc1cnc(N2CCC(c3ccc(Cl)cn3)CC2)nc1. The van der Waals surface area contributed by atoms with Crippen LogP contribution in [-0.2, 0) is 0 Å². The van der Waals surface area contributed by atoms with Crippen molar-refractivity contribution in [1.82, 2.24) is 15.0 Å². The summed E-state index contributed by atoms with van der Waals surface area (Å²) in [7, 11) is 0. The van der Waals surface area contributed by atoms with E-state index in [1.165, 1.54) is 0 Å². The Balaban J connectivity index is 1.64. The van der Waals surface area contributed by atoms with Crippen molar-refractivity contribution in [3.8, 4) is 0 Å². The van der Waals surface area contributed by atoms with Gasteiger partial charge < -0.3 is 4.90 Å². The molecule has 2 aromatic heterocycles. The summed E-state index contributed by atoms with van der Waals surface area (Å²) in [6.07, 6.45) is 7.62. The summed E-state index contributed by atoms with van der Waals surface area (Å²) in [4.78, 5) is 15.5. The lowest BCUT2D eigenvalue weighted by Gasteiger charge is -2.31. The van der Waals surface area contributed by atoms with E-state index in [0.29, 0.717) is 10.9 Å². The van der Waals surface area contributed by atoms with E-state index < -0.39 is 0 Å². The molecule has 0 amide bonds. The molecule has 1 aliphatic rings. The highest BCUT2D eigenvalue weighted by Gasteiger charge is 2.22. The van der Waals surface area contributed by atoms with Crippen molar-refractivity contribution in [3.05, 3.63) is 47.0 Å². The molecule has 0 aromatic carbocycles. The van der Waals surface area contributed by atoms with Crippen molar-refractivity contribution < 1.29 is 0 Å². The number of rotatable bonds is 2. The molecule has 1 saturated heterocycles. The largest absolute Gasteiger partial charge is 0.341 e. The molecule has 0 bridgehead atoms. The molecule has 0 radical (unpaired) electrons. The molecule has 3 heterocycles. The summed E-state index contributed by atoms with van der Waals surface area (Å²) >= 11 is 5.88. The first-order chi connectivity index (χ1) is 9.72. The zero-order valence-electron chi connectivity index (χ0n) is 11.5. The van der Waals surface area contributed by atoms with Gasteiger partial charge >= 0.3 is 0 Å². The molecule has 4 nitrogen and oxygen atoms in total. The normalized spacial score (nSPS) is 16.4. The third kappa shape index (κ3) is 2.90. The van der Waals surface area contributed by atoms with Gasteiger partial charge in [0.25, 0.3) is 0 Å². The maximum atomic E-state index is 5.88. The second kappa shape index (κ2) is 5.75. The Bertz CT molecular complexity index is 506. The fraction of sp³-hybridized carbons (Fsp3) is 0.400. The molecule has 0 aliphatic carbocycles. The van der Waals surface area contributed by atoms with Gasteiger partial charge in [-0.2, -0.15) is 0 Å². The lowest BCUT2D eigenvalue weighted by Crippen LogP contribution is -2.34. The minimum Gasteiger partial charge on any atom is -0.341 e. The molecule has 104 valence electrons. The number of aryl methyl sites for hydroxylation is 1. The molecule has 2 aromatic rings. The summed E-state index contributed by atoms with van der Waals surface area (Å²) in [5.74, 6) is 1.34. The predicted molar refractivity (Wildman–Crippen MR) is 80.2 cm³/mol. The summed E-state index contributed by atoms with van der Waals surface area (Å²) in [5, 5.41) is 0.694. The summed E-state index contributed by atoms with van der Waals surface area (Å²) in [5.41, 5.74) is 2.23. The smallest absolute Gasteiger partial charge is 0.225 e. The van der Waals surface area contributed by atoms with Crippen LogP contribution in [0, 0.1) is 6.92 Å². The topological polar surface area (TPSA) is 41.9 Å². The zero-order chi connectivity index (χ0) is 13.9. The Morgan fingerprint density at radius 3 is 2.35 bits per heavy atom. The van der Waals surface area contributed by atoms with Crippen LogP contribution in [0.3, 0.4) is 0 Å². The number of pyridine rings is 1. The lowest BCUT2D eigenvalue weighted by atomic mass is 9.93. The number of anilines is 1. The maximum absolute atomic E-state index is 5.88. The minimum absolute atomic E-state index is 0.508. The Morgan fingerprint density at radius 2 is 1.75 bits per heavy atom. The Labute approximate surface area is 123 Å². The number of nitrogens with zero attached hydrogens (tertiary/aromatic N) is 4. The van der Waals surface area contributed by atoms with Gasteiger partial charge in [-0.15, -0.1) is 0 Å². The van der Waals surface area contributed by atoms with Gasteiger partial charge in [0, 0.05) is 43.3 Å². The van der Waals surface area contributed by atoms with Gasteiger partial charge in [0.2, 0.25) is 5.95 Å². The molecule has 5 heteroatoms. The maximum Gasteiger partial charge on any atom is 0.225 e. The van der Waals surface area contributed by atoms with Crippen LogP contribution in [0.4, 0.5) is 5.95 Å². The summed E-state index contributed by atoms with van der Waals surface area (Å²) < 4.78 is 0. The molecule has 20 heavy (non-hydrogen) atoms. The molecule has 1 aliphatic heterocycles. The Kier molecular flexibility index (Phi) is 3.83. The highest BCUT2D eigenvalue weighted by Crippen LogP contribution is 2.28. The lowest BCUT2D eigenvalue weighted by molar-refractivity contribution is 0.490. The van der Waals surface area contributed by atoms with Gasteiger partial charge in [-0.05, 0) is 37.5 Å². The van der Waals surface area contributed by atoms with Crippen molar-refractivity contribution in [3.63, 3.8) is 0 Å². The Morgan fingerprint density at radius 1 is 1.05 bits per heavy atom. The van der Waals surface area contributed by atoms with E-state index >= 15 is 0 Å². The standard InChI is InChI=1S/C15H17ClN4/c1-11-8-18-15(19-9-11)20-6-4-12(5-7-20)14-3-2-13(16)10-17-14/h2-3,8-10,12H,4-7H2,1H3. The van der Waals surface area contributed by atoms with Crippen LogP contribution in [0.2, 0.25) is 5.02 Å². The monoisotopic (exact) mass is 288 g/mol. The van der Waals surface area contributed by atoms with Gasteiger partial charge in [-0.1, -0.05) is 11.6 Å². The van der Waals surface area contributed by atoms with Gasteiger partial charge in [-0.25, -0.2) is 9.97 Å². The minimum atomic E-state index is 0.508. The van der Waals surface area contributed by atoms with Gasteiger partial charge in [0.05, 0.1) is 5.02 Å². The fourth-order valence-corrected chi connectivity index (χ4v) is 2.66. The quantitative estimate of drug-likeness (QED) is 0.851. The van der Waals surface area contributed by atoms with Gasteiger partial charge in [-0.3, -0.25) is 4.98 Å². The van der Waals surface area contributed by atoms with Crippen molar-refractivity contribution >= 4 is 17.5 Å². The van der Waals surface area contributed by atoms with E-state index in [-0.39, 0.29) is 0 Å². The summed E-state index contributed by atoms with van der Waals surface area (Å²) in [6, 6.07) is 3.95. The highest BCUT2D eigenvalue weighted by molar-refractivity contribution is 6.30. The molecular formula is C15H17ClN4. The van der Waals surface area contributed by atoms with Crippen molar-refractivity contribution in [1.29, 1.82) is 0 Å². The van der Waals surface area contributed by atoms with Gasteiger partial charge in [0.15, 0.2) is 0 Å². The number of hydrogen-bond donors (Lipinski definition) is 0. The van der Waals surface area contributed by atoms with E-state index in [2.05, 4.69) is 19.9 Å². The molecule has 0 atom stereocenters. The fourth-order valence-electron chi connectivity index (χ4n) is 2.55. The van der Waals surface area contributed by atoms with E-state index in [1.807, 2.05) is 31.5 Å². The van der Waals surface area contributed by atoms with Crippen LogP contribution >= 0.6 is 11.6 Å². The van der Waals surface area contributed by atoms with Crippen molar-refractivity contribution in [2.45, 2.75) is 25.7 Å². The van der Waals surface area contributed by atoms with Crippen LogP contribution in [0.15, 0.2) is 30.7 Å². The number of hydrogen-bond acceptors (Lipinski definition) is 4. The van der Waals surface area contributed by atoms with E-state index in [1.54, 1.807) is 6.20 Å². The first-order valence-corrected chi connectivity index (χ1v) is 7.25. The van der Waals surface area contributed by atoms with E-state index in [0.717, 1.165) is 43.1 Å². The number of aromatic nitrogens is 3. The second-order valence-corrected chi connectivity index (χ2v) is 5.66. The third-order valence-electron chi connectivity index (χ3n) is 3.71. The van der Waals surface area contributed by atoms with E-state index in [4.69, 9.17) is 11.6 Å². The second-order valence-electron chi connectivity index (χ2n) is 5.22. The summed E-state index contributed by atoms with van der Waals surface area (Å²) in [6.45, 7) is 3.94. The molecule has 0 saturated carbocycles. The molecule has 0 spiro atoms. The van der Waals surface area contributed by atoms with Crippen molar-refractivity contribution in [2.24, 2.45) is 0 Å². The van der Waals surface area contributed by atoms with Gasteiger partial charge in [0.1, 0.15) is 0 Å². The molecule has 3 rings (SSSR count). The molecular weight excluding hydrogens is 272 g/mol. The Hall–Kier alpha value is -1.68. The average molecular weight is 289 g/mol. The zero-order valence-corrected chi connectivity index (χ0v) is 12.2. The average Bonchev–Trinajstić information content (AvgIpc) is 2.49. The van der Waals surface area contributed by atoms with Crippen LogP contribution in [-0.4, -0.2) is 28.0 Å². The highest BCUT2D eigenvalue weighted by atomic mass is 35.5. The van der Waals surface area contributed by atoms with E-state index in [9.17, 15) is 0 Å². The first-order valence-electron chi connectivity index (χ1n) is 6.87. The van der Waals surface area contributed by atoms with Crippen LogP contribution in [0.5, 0.6) is 0 Å². The molecule has 1 fully saturated rings. The van der Waals surface area contributed by atoms with Crippen LogP contribution in [0.25, 0.3) is 0 Å².